The van der Waals surface area contributed by atoms with Crippen LogP contribution < -0.4 is 10.2 Å². The van der Waals surface area contributed by atoms with Gasteiger partial charge in [-0.25, -0.2) is 0 Å². The van der Waals surface area contributed by atoms with Gasteiger partial charge in [-0.3, -0.25) is 4.79 Å². The van der Waals surface area contributed by atoms with E-state index in [9.17, 15) is 4.79 Å². The van der Waals surface area contributed by atoms with E-state index in [0.29, 0.717) is 24.2 Å². The average Bonchev–Trinajstić information content (AvgIpc) is 2.97. The topological polar surface area (TPSA) is 56.1 Å². The number of carbonyl (C=O) groups excluding carboxylic acids is 1. The lowest BCUT2D eigenvalue weighted by atomic mass is 10.2. The molecule has 4 nitrogen and oxygen atoms in total. The maximum absolute atomic E-state index is 12.1. The molecule has 110 valence electrons. The standard InChI is InChI=1S/C18H17N3O/c19-13-15-6-1-3-7-16(15)20-18(22)10-12-21-11-9-14-5-2-4-8-17(14)21/h1-8H,9-12H2,(H,20,22). The van der Waals surface area contributed by atoms with Crippen LogP contribution in [0, 0.1) is 11.3 Å². The first-order chi connectivity index (χ1) is 10.8. The van der Waals surface area contributed by atoms with Gasteiger partial charge in [0.25, 0.3) is 0 Å². The molecule has 0 unspecified atom stereocenters. The van der Waals surface area contributed by atoms with E-state index in [1.54, 1.807) is 18.2 Å². The minimum Gasteiger partial charge on any atom is -0.370 e. The summed E-state index contributed by atoms with van der Waals surface area (Å²) in [6, 6.07) is 17.5. The van der Waals surface area contributed by atoms with Gasteiger partial charge in [0.05, 0.1) is 11.3 Å². The van der Waals surface area contributed by atoms with Crippen molar-refractivity contribution < 1.29 is 4.79 Å². The summed E-state index contributed by atoms with van der Waals surface area (Å²) in [6.07, 6.45) is 1.45. The zero-order chi connectivity index (χ0) is 15.4. The fourth-order valence-electron chi connectivity index (χ4n) is 2.78. The van der Waals surface area contributed by atoms with E-state index in [0.717, 1.165) is 13.0 Å². The van der Waals surface area contributed by atoms with Gasteiger partial charge in [-0.15, -0.1) is 0 Å². The number of benzene rings is 2. The van der Waals surface area contributed by atoms with Crippen LogP contribution in [0.1, 0.15) is 17.5 Å². The minimum absolute atomic E-state index is 0.0629. The van der Waals surface area contributed by atoms with Crippen molar-refractivity contribution in [3.63, 3.8) is 0 Å². The molecular formula is C18H17N3O. The number of anilines is 2. The highest BCUT2D eigenvalue weighted by Gasteiger charge is 2.18. The molecule has 2 aromatic carbocycles. The number of nitriles is 1. The summed E-state index contributed by atoms with van der Waals surface area (Å²) in [6.45, 7) is 1.65. The Labute approximate surface area is 130 Å². The zero-order valence-corrected chi connectivity index (χ0v) is 12.2. The molecule has 0 bridgehead atoms. The number of rotatable bonds is 4. The predicted molar refractivity (Wildman–Crippen MR) is 86.8 cm³/mol. The van der Waals surface area contributed by atoms with E-state index in [-0.39, 0.29) is 5.91 Å². The van der Waals surface area contributed by atoms with Crippen LogP contribution in [0.15, 0.2) is 48.5 Å². The molecule has 0 aliphatic carbocycles. The molecule has 1 N–H and O–H groups in total. The molecule has 2 aromatic rings. The second-order valence-electron chi connectivity index (χ2n) is 5.32. The van der Waals surface area contributed by atoms with E-state index < -0.39 is 0 Å². The number of nitrogens with zero attached hydrogens (tertiary/aromatic N) is 2. The third kappa shape index (κ3) is 2.94. The number of hydrogen-bond donors (Lipinski definition) is 1. The molecule has 0 atom stereocenters. The monoisotopic (exact) mass is 291 g/mol. The lowest BCUT2D eigenvalue weighted by Crippen LogP contribution is -2.26. The van der Waals surface area contributed by atoms with Crippen LogP contribution in [0.3, 0.4) is 0 Å². The van der Waals surface area contributed by atoms with Crippen LogP contribution in [0.5, 0.6) is 0 Å². The van der Waals surface area contributed by atoms with Gasteiger partial charge in [-0.05, 0) is 30.2 Å². The third-order valence-corrected chi connectivity index (χ3v) is 3.91. The highest BCUT2D eigenvalue weighted by Crippen LogP contribution is 2.27. The Bertz CT molecular complexity index is 733. The van der Waals surface area contributed by atoms with Crippen LogP contribution in [0.4, 0.5) is 11.4 Å². The van der Waals surface area contributed by atoms with Gasteiger partial charge < -0.3 is 10.2 Å². The molecule has 1 heterocycles. The van der Waals surface area contributed by atoms with Crippen LogP contribution >= 0.6 is 0 Å². The molecule has 0 spiro atoms. The zero-order valence-electron chi connectivity index (χ0n) is 12.2. The average molecular weight is 291 g/mol. The number of amides is 1. The second kappa shape index (κ2) is 6.31. The van der Waals surface area contributed by atoms with Gasteiger partial charge in [0.2, 0.25) is 5.91 Å². The summed E-state index contributed by atoms with van der Waals surface area (Å²) in [5, 5.41) is 11.9. The van der Waals surface area contributed by atoms with E-state index >= 15 is 0 Å². The number of nitrogens with one attached hydrogen (secondary N) is 1. The Balaban J connectivity index is 1.59. The lowest BCUT2D eigenvalue weighted by Gasteiger charge is -2.19. The summed E-state index contributed by atoms with van der Waals surface area (Å²) in [5.74, 6) is -0.0629. The Hall–Kier alpha value is -2.80. The number of para-hydroxylation sites is 2. The Kier molecular flexibility index (Phi) is 4.06. The fourth-order valence-corrected chi connectivity index (χ4v) is 2.78. The predicted octanol–water partition coefficient (Wildman–Crippen LogP) is 2.95. The summed E-state index contributed by atoms with van der Waals surface area (Å²) >= 11 is 0. The maximum atomic E-state index is 12.1. The normalized spacial score (nSPS) is 12.6. The smallest absolute Gasteiger partial charge is 0.226 e. The quantitative estimate of drug-likeness (QED) is 0.942. The molecule has 4 heteroatoms. The second-order valence-corrected chi connectivity index (χ2v) is 5.32. The van der Waals surface area contributed by atoms with Crippen molar-refractivity contribution in [2.24, 2.45) is 0 Å². The fraction of sp³-hybridized carbons (Fsp3) is 0.222. The van der Waals surface area contributed by atoms with Crippen molar-refractivity contribution in [3.05, 3.63) is 59.7 Å². The molecule has 0 saturated heterocycles. The first kappa shape index (κ1) is 14.2. The van der Waals surface area contributed by atoms with E-state index in [2.05, 4.69) is 28.4 Å². The van der Waals surface area contributed by atoms with E-state index in [4.69, 9.17) is 5.26 Å². The minimum atomic E-state index is -0.0629. The van der Waals surface area contributed by atoms with E-state index in [1.165, 1.54) is 11.3 Å². The Morgan fingerprint density at radius 2 is 1.95 bits per heavy atom. The number of carbonyl (C=O) groups is 1. The first-order valence-corrected chi connectivity index (χ1v) is 7.40. The van der Waals surface area contributed by atoms with Crippen molar-refractivity contribution in [3.8, 4) is 6.07 Å². The Morgan fingerprint density at radius 1 is 1.18 bits per heavy atom. The lowest BCUT2D eigenvalue weighted by molar-refractivity contribution is -0.116. The van der Waals surface area contributed by atoms with Gasteiger partial charge in [-0.1, -0.05) is 30.3 Å². The van der Waals surface area contributed by atoms with Gasteiger partial charge in [0.1, 0.15) is 6.07 Å². The highest BCUT2D eigenvalue weighted by atomic mass is 16.1. The van der Waals surface area contributed by atoms with Gasteiger partial charge in [-0.2, -0.15) is 5.26 Å². The van der Waals surface area contributed by atoms with Crippen LogP contribution in [0.2, 0.25) is 0 Å². The molecule has 0 fully saturated rings. The third-order valence-electron chi connectivity index (χ3n) is 3.91. The SMILES string of the molecule is N#Cc1ccccc1NC(=O)CCN1CCc2ccccc21. The molecule has 1 aliphatic heterocycles. The summed E-state index contributed by atoms with van der Waals surface area (Å²) in [5.41, 5.74) is 3.64. The molecule has 22 heavy (non-hydrogen) atoms. The Morgan fingerprint density at radius 3 is 2.82 bits per heavy atom. The van der Waals surface area contributed by atoms with Crippen molar-refractivity contribution in [1.29, 1.82) is 5.26 Å². The summed E-state index contributed by atoms with van der Waals surface area (Å²) in [4.78, 5) is 14.3. The van der Waals surface area contributed by atoms with E-state index in [1.807, 2.05) is 18.2 Å². The van der Waals surface area contributed by atoms with Gasteiger partial charge >= 0.3 is 0 Å². The molecule has 0 aromatic heterocycles. The molecule has 0 radical (unpaired) electrons. The van der Waals surface area contributed by atoms with Crippen molar-refractivity contribution in [2.75, 3.05) is 23.3 Å². The molecule has 1 aliphatic rings. The summed E-state index contributed by atoms with van der Waals surface area (Å²) in [7, 11) is 0. The van der Waals surface area contributed by atoms with Crippen molar-refractivity contribution in [1.82, 2.24) is 0 Å². The first-order valence-electron chi connectivity index (χ1n) is 7.40. The van der Waals surface area contributed by atoms with Crippen molar-refractivity contribution >= 4 is 17.3 Å². The molecule has 0 saturated carbocycles. The largest absolute Gasteiger partial charge is 0.370 e. The molecule has 3 rings (SSSR count). The van der Waals surface area contributed by atoms with Crippen molar-refractivity contribution in [2.45, 2.75) is 12.8 Å². The van der Waals surface area contributed by atoms with Gasteiger partial charge in [0.15, 0.2) is 0 Å². The molecular weight excluding hydrogens is 274 g/mol. The highest BCUT2D eigenvalue weighted by molar-refractivity contribution is 5.92. The molecule has 1 amide bonds. The number of fused-ring (bicyclic) bond motifs is 1. The van der Waals surface area contributed by atoms with Gasteiger partial charge in [0, 0.05) is 25.2 Å². The number of hydrogen-bond acceptors (Lipinski definition) is 3. The van der Waals surface area contributed by atoms with Crippen LogP contribution in [0.25, 0.3) is 0 Å². The van der Waals surface area contributed by atoms with Crippen LogP contribution in [-0.2, 0) is 11.2 Å². The maximum Gasteiger partial charge on any atom is 0.226 e. The van der Waals surface area contributed by atoms with Crippen LogP contribution in [-0.4, -0.2) is 19.0 Å². The summed E-state index contributed by atoms with van der Waals surface area (Å²) < 4.78 is 0.